The van der Waals surface area contributed by atoms with Gasteiger partial charge in [-0.05, 0) is 54.4 Å². The van der Waals surface area contributed by atoms with Crippen molar-refractivity contribution in [3.05, 3.63) is 70.5 Å². The summed E-state index contributed by atoms with van der Waals surface area (Å²) in [5.41, 5.74) is 4.25. The predicted molar refractivity (Wildman–Crippen MR) is 99.5 cm³/mol. The summed E-state index contributed by atoms with van der Waals surface area (Å²) >= 11 is 0. The highest BCUT2D eigenvalue weighted by molar-refractivity contribution is 5.79. The molecular weight excluding hydrogens is 327 g/mol. The topological polar surface area (TPSA) is 26.3 Å². The molecule has 2 aliphatic carbocycles. The summed E-state index contributed by atoms with van der Waals surface area (Å²) in [7, 11) is 0. The third-order valence-electron chi connectivity index (χ3n) is 5.93. The lowest BCUT2D eigenvalue weighted by Crippen LogP contribution is -2.14. The number of ether oxygens (including phenoxy) is 1. The van der Waals surface area contributed by atoms with Crippen LogP contribution in [0.3, 0.4) is 0 Å². The molecule has 0 aliphatic heterocycles. The van der Waals surface area contributed by atoms with Crippen LogP contribution in [-0.4, -0.2) is 5.97 Å². The molecule has 0 spiro atoms. The van der Waals surface area contributed by atoms with Gasteiger partial charge in [0.05, 0.1) is 5.92 Å². The van der Waals surface area contributed by atoms with Gasteiger partial charge in [0.25, 0.3) is 0 Å². The van der Waals surface area contributed by atoms with E-state index in [4.69, 9.17) is 4.74 Å². The predicted octanol–water partition coefficient (Wildman–Crippen LogP) is 5.65. The minimum Gasteiger partial charge on any atom is -0.460 e. The maximum absolute atomic E-state index is 13.7. The number of halogens is 1. The lowest BCUT2D eigenvalue weighted by atomic mass is 9.83. The Morgan fingerprint density at radius 1 is 1.04 bits per heavy atom. The van der Waals surface area contributed by atoms with Crippen molar-refractivity contribution in [3.8, 4) is 0 Å². The van der Waals surface area contributed by atoms with E-state index in [2.05, 4.69) is 18.2 Å². The second-order valence-electron chi connectivity index (χ2n) is 7.58. The van der Waals surface area contributed by atoms with Crippen LogP contribution < -0.4 is 0 Å². The molecule has 1 fully saturated rings. The van der Waals surface area contributed by atoms with Crippen LogP contribution in [0.15, 0.2) is 42.5 Å². The van der Waals surface area contributed by atoms with E-state index >= 15 is 0 Å². The first-order valence-electron chi connectivity index (χ1n) is 9.75. The fourth-order valence-corrected chi connectivity index (χ4v) is 4.44. The Labute approximate surface area is 154 Å². The molecule has 3 heteroatoms. The summed E-state index contributed by atoms with van der Waals surface area (Å²) in [4.78, 5) is 12.5. The lowest BCUT2D eigenvalue weighted by Gasteiger charge is -2.22. The summed E-state index contributed by atoms with van der Waals surface area (Å²) in [6.07, 6.45) is 8.30. The molecule has 0 N–H and O–H groups in total. The van der Waals surface area contributed by atoms with Gasteiger partial charge in [-0.3, -0.25) is 4.79 Å². The highest BCUT2D eigenvalue weighted by Crippen LogP contribution is 2.39. The quantitative estimate of drug-likeness (QED) is 0.665. The van der Waals surface area contributed by atoms with Gasteiger partial charge in [-0.25, -0.2) is 4.39 Å². The molecule has 0 aromatic heterocycles. The van der Waals surface area contributed by atoms with Crippen LogP contribution in [0, 0.1) is 5.82 Å². The summed E-state index contributed by atoms with van der Waals surface area (Å²) in [5.74, 6) is -0.0973. The number of benzene rings is 2. The van der Waals surface area contributed by atoms with Crippen molar-refractivity contribution in [2.75, 3.05) is 0 Å². The largest absolute Gasteiger partial charge is 0.460 e. The maximum atomic E-state index is 13.7. The molecule has 1 saturated carbocycles. The Balaban J connectivity index is 1.43. The minimum atomic E-state index is -0.329. The molecule has 0 heterocycles. The fourth-order valence-electron chi connectivity index (χ4n) is 4.44. The lowest BCUT2D eigenvalue weighted by molar-refractivity contribution is -0.146. The Morgan fingerprint density at radius 3 is 2.65 bits per heavy atom. The summed E-state index contributed by atoms with van der Waals surface area (Å²) < 4.78 is 19.1. The van der Waals surface area contributed by atoms with Gasteiger partial charge in [-0.2, -0.15) is 0 Å². The first kappa shape index (κ1) is 17.3. The summed E-state index contributed by atoms with van der Waals surface area (Å²) in [6.45, 7) is -0.00248. The van der Waals surface area contributed by atoms with Crippen molar-refractivity contribution in [2.45, 2.75) is 63.4 Å². The first-order valence-corrected chi connectivity index (χ1v) is 9.75. The Morgan fingerprint density at radius 2 is 1.85 bits per heavy atom. The van der Waals surface area contributed by atoms with Crippen LogP contribution >= 0.6 is 0 Å². The van der Waals surface area contributed by atoms with Crippen molar-refractivity contribution in [3.63, 3.8) is 0 Å². The van der Waals surface area contributed by atoms with E-state index in [1.54, 1.807) is 18.2 Å². The molecule has 0 bridgehead atoms. The van der Waals surface area contributed by atoms with E-state index in [-0.39, 0.29) is 24.3 Å². The van der Waals surface area contributed by atoms with E-state index in [9.17, 15) is 9.18 Å². The smallest absolute Gasteiger partial charge is 0.313 e. The number of rotatable bonds is 4. The van der Waals surface area contributed by atoms with Crippen LogP contribution in [0.25, 0.3) is 0 Å². The fraction of sp³-hybridized carbons (Fsp3) is 0.435. The Kier molecular flexibility index (Phi) is 5.05. The molecule has 4 rings (SSSR count). The molecule has 1 atom stereocenters. The van der Waals surface area contributed by atoms with Gasteiger partial charge in [-0.15, -0.1) is 0 Å². The van der Waals surface area contributed by atoms with Crippen LogP contribution in [0.2, 0.25) is 0 Å². The molecule has 136 valence electrons. The summed E-state index contributed by atoms with van der Waals surface area (Å²) in [5, 5.41) is 0. The molecule has 26 heavy (non-hydrogen) atoms. The normalized spacial score (nSPS) is 20.0. The van der Waals surface area contributed by atoms with Gasteiger partial charge in [-0.1, -0.05) is 55.7 Å². The zero-order valence-corrected chi connectivity index (χ0v) is 15.0. The number of hydrogen-bond donors (Lipinski definition) is 0. The van der Waals surface area contributed by atoms with Crippen molar-refractivity contribution in [2.24, 2.45) is 0 Å². The van der Waals surface area contributed by atoms with E-state index in [0.29, 0.717) is 11.5 Å². The van der Waals surface area contributed by atoms with Crippen molar-refractivity contribution < 1.29 is 13.9 Å². The molecule has 2 nitrogen and oxygen atoms in total. The number of carbonyl (C=O) groups is 1. The highest BCUT2D eigenvalue weighted by atomic mass is 19.1. The molecule has 0 radical (unpaired) electrons. The van der Waals surface area contributed by atoms with Crippen LogP contribution in [-0.2, 0) is 22.6 Å². The molecule has 0 saturated heterocycles. The van der Waals surface area contributed by atoms with Crippen molar-refractivity contribution in [1.82, 2.24) is 0 Å². The average molecular weight is 352 g/mol. The second kappa shape index (κ2) is 7.61. The monoisotopic (exact) mass is 352 g/mol. The summed E-state index contributed by atoms with van der Waals surface area (Å²) in [6, 6.07) is 13.1. The zero-order valence-electron chi connectivity index (χ0n) is 15.0. The molecule has 1 unspecified atom stereocenters. The third-order valence-corrected chi connectivity index (χ3v) is 5.93. The Hall–Kier alpha value is -2.16. The third kappa shape index (κ3) is 3.53. The maximum Gasteiger partial charge on any atom is 0.313 e. The molecule has 2 aromatic rings. The molecule has 0 amide bonds. The van der Waals surface area contributed by atoms with Gasteiger partial charge in [0.1, 0.15) is 12.4 Å². The number of hydrogen-bond acceptors (Lipinski definition) is 2. The highest BCUT2D eigenvalue weighted by Gasteiger charge is 2.30. The van der Waals surface area contributed by atoms with Crippen LogP contribution in [0.1, 0.15) is 72.6 Å². The standard InChI is InChI=1S/C23H25FO2/c24-22-9-5-4-8-19(22)15-26-23(25)21-13-11-18-14-17(10-12-20(18)21)16-6-2-1-3-7-16/h4-5,8-10,12,14,16,21H,1-3,6-7,11,13,15H2. The van der Waals surface area contributed by atoms with Crippen LogP contribution in [0.5, 0.6) is 0 Å². The van der Waals surface area contributed by atoms with E-state index in [0.717, 1.165) is 18.4 Å². The van der Waals surface area contributed by atoms with Crippen LogP contribution in [0.4, 0.5) is 4.39 Å². The van der Waals surface area contributed by atoms with Gasteiger partial charge in [0.15, 0.2) is 0 Å². The zero-order chi connectivity index (χ0) is 17.9. The van der Waals surface area contributed by atoms with Gasteiger partial charge in [0.2, 0.25) is 0 Å². The number of carbonyl (C=O) groups excluding carboxylic acids is 1. The van der Waals surface area contributed by atoms with E-state index in [1.807, 2.05) is 0 Å². The molecular formula is C23H25FO2. The van der Waals surface area contributed by atoms with E-state index < -0.39 is 0 Å². The van der Waals surface area contributed by atoms with Crippen molar-refractivity contribution in [1.29, 1.82) is 0 Å². The Bertz CT molecular complexity index is 793. The first-order chi connectivity index (χ1) is 12.7. The van der Waals surface area contributed by atoms with Crippen molar-refractivity contribution >= 4 is 5.97 Å². The number of esters is 1. The van der Waals surface area contributed by atoms with Gasteiger partial charge < -0.3 is 4.74 Å². The van der Waals surface area contributed by atoms with E-state index in [1.165, 1.54) is 49.3 Å². The van der Waals surface area contributed by atoms with Gasteiger partial charge in [0, 0.05) is 5.56 Å². The number of fused-ring (bicyclic) bond motifs is 1. The average Bonchev–Trinajstić information content (AvgIpc) is 3.11. The molecule has 2 aromatic carbocycles. The number of aryl methyl sites for hydroxylation is 1. The molecule has 2 aliphatic rings. The minimum absolute atomic E-state index is 0.00248. The second-order valence-corrected chi connectivity index (χ2v) is 7.58. The van der Waals surface area contributed by atoms with Gasteiger partial charge >= 0.3 is 5.97 Å². The SMILES string of the molecule is O=C(OCc1ccccc1F)C1CCc2cc(C3CCCCC3)ccc21.